The molecule has 0 atom stereocenters. The van der Waals surface area contributed by atoms with Crippen LogP contribution in [0, 0.1) is 0 Å². The zero-order valence-corrected chi connectivity index (χ0v) is 9.74. The Balaban J connectivity index is 2.42. The van der Waals surface area contributed by atoms with E-state index in [9.17, 15) is 0 Å². The second-order valence-electron chi connectivity index (χ2n) is 3.14. The van der Waals surface area contributed by atoms with Crippen molar-refractivity contribution in [1.29, 1.82) is 0 Å². The molecule has 1 aromatic rings. The SMILES string of the molecule is NCc1ccc(Cl)cc1OCCOCCO. The van der Waals surface area contributed by atoms with Crippen molar-refractivity contribution in [1.82, 2.24) is 0 Å². The van der Waals surface area contributed by atoms with E-state index in [0.717, 1.165) is 5.56 Å². The first-order valence-electron chi connectivity index (χ1n) is 5.08. The van der Waals surface area contributed by atoms with Crippen molar-refractivity contribution in [2.24, 2.45) is 5.73 Å². The van der Waals surface area contributed by atoms with Gasteiger partial charge < -0.3 is 20.3 Å². The van der Waals surface area contributed by atoms with E-state index >= 15 is 0 Å². The third kappa shape index (κ3) is 4.37. The first kappa shape index (κ1) is 13.3. The lowest BCUT2D eigenvalue weighted by molar-refractivity contribution is 0.0703. The summed E-state index contributed by atoms with van der Waals surface area (Å²) in [7, 11) is 0. The molecule has 0 fully saturated rings. The third-order valence-electron chi connectivity index (χ3n) is 1.97. The second-order valence-corrected chi connectivity index (χ2v) is 3.58. The van der Waals surface area contributed by atoms with Crippen molar-refractivity contribution in [2.75, 3.05) is 26.4 Å². The van der Waals surface area contributed by atoms with E-state index in [1.807, 2.05) is 6.07 Å². The van der Waals surface area contributed by atoms with E-state index in [2.05, 4.69) is 0 Å². The van der Waals surface area contributed by atoms with Crippen LogP contribution in [0.1, 0.15) is 5.56 Å². The minimum Gasteiger partial charge on any atom is -0.491 e. The van der Waals surface area contributed by atoms with Crippen LogP contribution in [-0.4, -0.2) is 31.5 Å². The van der Waals surface area contributed by atoms with Gasteiger partial charge >= 0.3 is 0 Å². The van der Waals surface area contributed by atoms with E-state index < -0.39 is 0 Å². The largest absolute Gasteiger partial charge is 0.491 e. The van der Waals surface area contributed by atoms with E-state index in [0.29, 0.717) is 37.1 Å². The van der Waals surface area contributed by atoms with Crippen LogP contribution in [0.15, 0.2) is 18.2 Å². The maximum atomic E-state index is 8.50. The van der Waals surface area contributed by atoms with Crippen molar-refractivity contribution in [3.63, 3.8) is 0 Å². The molecule has 0 bridgehead atoms. The van der Waals surface area contributed by atoms with Crippen LogP contribution in [-0.2, 0) is 11.3 Å². The Bertz CT molecular complexity index is 320. The van der Waals surface area contributed by atoms with Crippen LogP contribution >= 0.6 is 11.6 Å². The lowest BCUT2D eigenvalue weighted by atomic mass is 10.2. The summed E-state index contributed by atoms with van der Waals surface area (Å²) in [5.41, 5.74) is 6.47. The molecule has 16 heavy (non-hydrogen) atoms. The van der Waals surface area contributed by atoms with Crippen LogP contribution < -0.4 is 10.5 Å². The minimum absolute atomic E-state index is 0.0191. The third-order valence-corrected chi connectivity index (χ3v) is 2.21. The Morgan fingerprint density at radius 1 is 1.25 bits per heavy atom. The van der Waals surface area contributed by atoms with Gasteiger partial charge in [0.1, 0.15) is 12.4 Å². The summed E-state index contributed by atoms with van der Waals surface area (Å²) >= 11 is 5.85. The fourth-order valence-electron chi connectivity index (χ4n) is 1.21. The van der Waals surface area contributed by atoms with Crippen LogP contribution in [0.5, 0.6) is 5.75 Å². The average molecular weight is 246 g/mol. The molecule has 3 N–H and O–H groups in total. The molecule has 0 saturated carbocycles. The van der Waals surface area contributed by atoms with E-state index in [1.165, 1.54) is 0 Å². The molecule has 0 saturated heterocycles. The van der Waals surface area contributed by atoms with Crippen molar-refractivity contribution in [2.45, 2.75) is 6.54 Å². The number of rotatable bonds is 7. The van der Waals surface area contributed by atoms with Gasteiger partial charge in [0.2, 0.25) is 0 Å². The molecule has 0 heterocycles. The Morgan fingerprint density at radius 2 is 2.06 bits per heavy atom. The number of benzene rings is 1. The summed E-state index contributed by atoms with van der Waals surface area (Å²) < 4.78 is 10.6. The summed E-state index contributed by atoms with van der Waals surface area (Å²) in [6.07, 6.45) is 0. The molecular weight excluding hydrogens is 230 g/mol. The molecule has 4 nitrogen and oxygen atoms in total. The van der Waals surface area contributed by atoms with E-state index in [1.54, 1.807) is 12.1 Å². The number of halogens is 1. The number of nitrogens with two attached hydrogens (primary N) is 1. The molecule has 5 heteroatoms. The molecule has 0 aliphatic carbocycles. The van der Waals surface area contributed by atoms with Gasteiger partial charge in [0.05, 0.1) is 19.8 Å². The summed E-state index contributed by atoms with van der Waals surface area (Å²) in [5.74, 6) is 0.683. The molecular formula is C11H16ClNO3. The van der Waals surface area contributed by atoms with Gasteiger partial charge in [-0.1, -0.05) is 17.7 Å². The predicted octanol–water partition coefficient (Wildman–Crippen LogP) is 1.19. The standard InChI is InChI=1S/C11H16ClNO3/c12-10-2-1-9(8-13)11(7-10)16-6-5-15-4-3-14/h1-2,7,14H,3-6,8,13H2. The second kappa shape index (κ2) is 7.46. The first-order valence-corrected chi connectivity index (χ1v) is 5.45. The van der Waals surface area contributed by atoms with Crippen molar-refractivity contribution < 1.29 is 14.6 Å². The van der Waals surface area contributed by atoms with Gasteiger partial charge in [-0.3, -0.25) is 0 Å². The summed E-state index contributed by atoms with van der Waals surface area (Å²) in [6, 6.07) is 5.35. The van der Waals surface area contributed by atoms with Gasteiger partial charge in [-0.25, -0.2) is 0 Å². The van der Waals surface area contributed by atoms with Gasteiger partial charge in [0.25, 0.3) is 0 Å². The van der Waals surface area contributed by atoms with Gasteiger partial charge in [0.15, 0.2) is 0 Å². The quantitative estimate of drug-likeness (QED) is 0.709. The first-order chi connectivity index (χ1) is 7.77. The maximum Gasteiger partial charge on any atom is 0.125 e. The van der Waals surface area contributed by atoms with Crippen LogP contribution in [0.4, 0.5) is 0 Å². The van der Waals surface area contributed by atoms with Crippen LogP contribution in [0.2, 0.25) is 5.02 Å². The minimum atomic E-state index is 0.0191. The number of aliphatic hydroxyl groups is 1. The van der Waals surface area contributed by atoms with Crippen molar-refractivity contribution in [3.8, 4) is 5.75 Å². The van der Waals surface area contributed by atoms with E-state index in [-0.39, 0.29) is 6.61 Å². The highest BCUT2D eigenvalue weighted by molar-refractivity contribution is 6.30. The highest BCUT2D eigenvalue weighted by Gasteiger charge is 2.03. The molecule has 0 aliphatic heterocycles. The molecule has 1 rings (SSSR count). The summed E-state index contributed by atoms with van der Waals surface area (Å²) in [6.45, 7) is 1.59. The maximum absolute atomic E-state index is 8.50. The fraction of sp³-hybridized carbons (Fsp3) is 0.455. The Labute approximate surface area is 99.9 Å². The highest BCUT2D eigenvalue weighted by Crippen LogP contribution is 2.22. The molecule has 0 aromatic heterocycles. The van der Waals surface area contributed by atoms with Gasteiger partial charge in [-0.15, -0.1) is 0 Å². The lowest BCUT2D eigenvalue weighted by Gasteiger charge is -2.10. The molecule has 1 aromatic carbocycles. The normalized spacial score (nSPS) is 10.4. The number of hydrogen-bond acceptors (Lipinski definition) is 4. The van der Waals surface area contributed by atoms with Gasteiger partial charge in [-0.2, -0.15) is 0 Å². The average Bonchev–Trinajstić information content (AvgIpc) is 2.29. The molecule has 0 aliphatic rings. The molecule has 90 valence electrons. The topological polar surface area (TPSA) is 64.7 Å². The monoisotopic (exact) mass is 245 g/mol. The Kier molecular flexibility index (Phi) is 6.18. The fourth-order valence-corrected chi connectivity index (χ4v) is 1.37. The Morgan fingerprint density at radius 3 is 2.75 bits per heavy atom. The number of ether oxygens (including phenoxy) is 2. The number of aliphatic hydroxyl groups excluding tert-OH is 1. The molecule has 0 spiro atoms. The lowest BCUT2D eigenvalue weighted by Crippen LogP contribution is -2.10. The molecule has 0 amide bonds. The summed E-state index contributed by atoms with van der Waals surface area (Å²) in [5, 5.41) is 9.12. The van der Waals surface area contributed by atoms with Crippen molar-refractivity contribution >= 4 is 11.6 Å². The zero-order valence-electron chi connectivity index (χ0n) is 8.99. The highest BCUT2D eigenvalue weighted by atomic mass is 35.5. The van der Waals surface area contributed by atoms with Gasteiger partial charge in [-0.05, 0) is 12.1 Å². The van der Waals surface area contributed by atoms with Crippen LogP contribution in [0.25, 0.3) is 0 Å². The van der Waals surface area contributed by atoms with Crippen molar-refractivity contribution in [3.05, 3.63) is 28.8 Å². The van der Waals surface area contributed by atoms with E-state index in [4.69, 9.17) is 31.9 Å². The smallest absolute Gasteiger partial charge is 0.125 e. The summed E-state index contributed by atoms with van der Waals surface area (Å²) in [4.78, 5) is 0. The van der Waals surface area contributed by atoms with Crippen LogP contribution in [0.3, 0.4) is 0 Å². The predicted molar refractivity (Wildman–Crippen MR) is 62.7 cm³/mol. The molecule has 0 unspecified atom stereocenters. The molecule has 0 radical (unpaired) electrons. The number of hydrogen-bond donors (Lipinski definition) is 2. The van der Waals surface area contributed by atoms with Gasteiger partial charge in [0, 0.05) is 17.1 Å². The Hall–Kier alpha value is -0.810. The zero-order chi connectivity index (χ0) is 11.8.